The lowest BCUT2D eigenvalue weighted by Gasteiger charge is -2.46. The van der Waals surface area contributed by atoms with Crippen LogP contribution in [0.4, 0.5) is 0 Å². The van der Waals surface area contributed by atoms with Crippen LogP contribution in [0.2, 0.25) is 0 Å². The summed E-state index contributed by atoms with van der Waals surface area (Å²) in [6.45, 7) is 3.43. The topological polar surface area (TPSA) is 97.8 Å². The molecule has 3 rings (SSSR count). The summed E-state index contributed by atoms with van der Waals surface area (Å²) in [6.07, 6.45) is 3.95. The molecule has 0 saturated heterocycles. The maximum atomic E-state index is 12.6. The molecule has 2 atom stereocenters. The first-order valence-electron chi connectivity index (χ1n) is 9.78. The highest BCUT2D eigenvalue weighted by atomic mass is 79.9. The Morgan fingerprint density at radius 1 is 1.20 bits per heavy atom. The highest BCUT2D eigenvalue weighted by Crippen LogP contribution is 2.47. The Morgan fingerprint density at radius 3 is 2.43 bits per heavy atom. The average Bonchev–Trinajstić information content (AvgIpc) is 2.68. The molecule has 0 aliphatic heterocycles. The minimum absolute atomic E-state index is 0.125. The zero-order chi connectivity index (χ0) is 21.9. The van der Waals surface area contributed by atoms with E-state index in [0.29, 0.717) is 0 Å². The summed E-state index contributed by atoms with van der Waals surface area (Å²) >= 11 is 3.45. The number of aromatic nitrogens is 1. The molecule has 8 heteroatoms. The molecule has 2 aromatic rings. The maximum Gasteiger partial charge on any atom is 0.328 e. The van der Waals surface area contributed by atoms with E-state index in [-0.39, 0.29) is 28.7 Å². The van der Waals surface area contributed by atoms with Crippen LogP contribution in [-0.4, -0.2) is 41.2 Å². The van der Waals surface area contributed by atoms with Crippen molar-refractivity contribution in [3.05, 3.63) is 52.3 Å². The van der Waals surface area contributed by atoms with E-state index >= 15 is 0 Å². The normalized spacial score (nSPS) is 16.7. The number of ether oxygens (including phenoxy) is 2. The minimum Gasteiger partial charge on any atom is -0.503 e. The fourth-order valence-electron chi connectivity index (χ4n) is 3.75. The highest BCUT2D eigenvalue weighted by Gasteiger charge is 2.45. The largest absolute Gasteiger partial charge is 0.503 e. The van der Waals surface area contributed by atoms with E-state index in [2.05, 4.69) is 38.4 Å². The van der Waals surface area contributed by atoms with Gasteiger partial charge in [-0.15, -0.1) is 0 Å². The number of carbonyl (C=O) groups is 2. The Kier molecular flexibility index (Phi) is 6.65. The lowest BCUT2D eigenvalue weighted by Crippen LogP contribution is -2.49. The van der Waals surface area contributed by atoms with Gasteiger partial charge in [-0.05, 0) is 44.4 Å². The van der Waals surface area contributed by atoms with Crippen molar-refractivity contribution in [2.75, 3.05) is 7.11 Å². The van der Waals surface area contributed by atoms with Gasteiger partial charge in [-0.1, -0.05) is 34.5 Å². The number of aromatic hydroxyl groups is 1. The third kappa shape index (κ3) is 4.28. The number of esters is 1. The zero-order valence-electron chi connectivity index (χ0n) is 17.1. The molecule has 7 nitrogen and oxygen atoms in total. The third-order valence-electron chi connectivity index (χ3n) is 5.76. The second-order valence-electron chi connectivity index (χ2n) is 7.50. The molecule has 0 bridgehead atoms. The van der Waals surface area contributed by atoms with Crippen molar-refractivity contribution < 1.29 is 24.2 Å². The van der Waals surface area contributed by atoms with Gasteiger partial charge in [0.05, 0.1) is 7.11 Å². The SMILES string of the molecule is COc1ccnc(C(=O)N[C@@H](C)C(=O)OC(C)C2(c3ccc(Br)cc3)CCC2)c1O. The summed E-state index contributed by atoms with van der Waals surface area (Å²) in [4.78, 5) is 29.0. The lowest BCUT2D eigenvalue weighted by molar-refractivity contribution is -0.156. The Bertz CT molecular complexity index is 928. The molecule has 2 N–H and O–H groups in total. The fourth-order valence-corrected chi connectivity index (χ4v) is 4.01. The molecule has 1 saturated carbocycles. The van der Waals surface area contributed by atoms with Crippen molar-refractivity contribution in [1.82, 2.24) is 10.3 Å². The van der Waals surface area contributed by atoms with Gasteiger partial charge in [0.1, 0.15) is 12.1 Å². The van der Waals surface area contributed by atoms with Crippen molar-refractivity contribution in [1.29, 1.82) is 0 Å². The third-order valence-corrected chi connectivity index (χ3v) is 6.29. The fraction of sp³-hybridized carbons (Fsp3) is 0.409. The number of hydrogen-bond donors (Lipinski definition) is 2. The van der Waals surface area contributed by atoms with Crippen molar-refractivity contribution in [2.24, 2.45) is 0 Å². The van der Waals surface area contributed by atoms with Gasteiger partial charge < -0.3 is 19.9 Å². The Morgan fingerprint density at radius 2 is 1.87 bits per heavy atom. The molecule has 1 aliphatic carbocycles. The van der Waals surface area contributed by atoms with E-state index < -0.39 is 17.9 Å². The van der Waals surface area contributed by atoms with Crippen LogP contribution in [0.3, 0.4) is 0 Å². The van der Waals surface area contributed by atoms with Crippen LogP contribution in [0.15, 0.2) is 41.0 Å². The summed E-state index contributed by atoms with van der Waals surface area (Å²) in [6, 6.07) is 8.60. The van der Waals surface area contributed by atoms with Crippen LogP contribution in [-0.2, 0) is 14.9 Å². The molecule has 0 spiro atoms. The van der Waals surface area contributed by atoms with Gasteiger partial charge in [-0.3, -0.25) is 4.79 Å². The highest BCUT2D eigenvalue weighted by molar-refractivity contribution is 9.10. The number of nitrogens with zero attached hydrogens (tertiary/aromatic N) is 1. The quantitative estimate of drug-likeness (QED) is 0.590. The number of hydrogen-bond acceptors (Lipinski definition) is 6. The molecule has 1 aromatic heterocycles. The number of benzene rings is 1. The molecule has 0 radical (unpaired) electrons. The number of halogens is 1. The van der Waals surface area contributed by atoms with Gasteiger partial charge in [0, 0.05) is 22.2 Å². The summed E-state index contributed by atoms with van der Waals surface area (Å²) in [5, 5.41) is 12.6. The van der Waals surface area contributed by atoms with Crippen LogP contribution in [0.25, 0.3) is 0 Å². The molecule has 30 heavy (non-hydrogen) atoms. The second kappa shape index (κ2) is 9.04. The number of carbonyl (C=O) groups excluding carboxylic acids is 2. The molecule has 160 valence electrons. The van der Waals surface area contributed by atoms with Gasteiger partial charge in [-0.25, -0.2) is 9.78 Å². The number of rotatable bonds is 7. The number of amides is 1. The molecule has 1 aromatic carbocycles. The van der Waals surface area contributed by atoms with E-state index in [0.717, 1.165) is 29.3 Å². The van der Waals surface area contributed by atoms with Gasteiger partial charge in [0.15, 0.2) is 17.2 Å². The second-order valence-corrected chi connectivity index (χ2v) is 8.42. The predicted octanol–water partition coefficient (Wildman–Crippen LogP) is 3.73. The van der Waals surface area contributed by atoms with E-state index in [1.807, 2.05) is 19.1 Å². The maximum absolute atomic E-state index is 12.6. The van der Waals surface area contributed by atoms with E-state index in [1.54, 1.807) is 0 Å². The minimum atomic E-state index is -0.908. The van der Waals surface area contributed by atoms with Crippen molar-refractivity contribution in [3.8, 4) is 11.5 Å². The first-order valence-corrected chi connectivity index (χ1v) is 10.6. The van der Waals surface area contributed by atoms with Crippen LogP contribution in [0, 0.1) is 0 Å². The smallest absolute Gasteiger partial charge is 0.328 e. The number of methoxy groups -OCH3 is 1. The van der Waals surface area contributed by atoms with Crippen LogP contribution in [0.5, 0.6) is 11.5 Å². The van der Waals surface area contributed by atoms with Crippen LogP contribution < -0.4 is 10.1 Å². The van der Waals surface area contributed by atoms with Crippen LogP contribution in [0.1, 0.15) is 49.2 Å². The molecule has 1 aliphatic rings. The average molecular weight is 477 g/mol. The van der Waals surface area contributed by atoms with Gasteiger partial charge in [0.2, 0.25) is 0 Å². The summed E-state index contributed by atoms with van der Waals surface area (Å²) < 4.78 is 11.7. The first-order chi connectivity index (χ1) is 14.3. The summed E-state index contributed by atoms with van der Waals surface area (Å²) in [5.74, 6) is -1.48. The van der Waals surface area contributed by atoms with Crippen LogP contribution >= 0.6 is 15.9 Å². The first kappa shape index (κ1) is 22.1. The molecular formula is C22H25BrN2O5. The Balaban J connectivity index is 1.66. The molecule has 1 fully saturated rings. The van der Waals surface area contributed by atoms with Crippen molar-refractivity contribution >= 4 is 27.8 Å². The van der Waals surface area contributed by atoms with E-state index in [4.69, 9.17) is 9.47 Å². The van der Waals surface area contributed by atoms with Gasteiger partial charge in [-0.2, -0.15) is 0 Å². The Labute approximate surface area is 183 Å². The van der Waals surface area contributed by atoms with E-state index in [1.165, 1.54) is 26.3 Å². The number of nitrogens with one attached hydrogen (secondary N) is 1. The van der Waals surface area contributed by atoms with Gasteiger partial charge in [0.25, 0.3) is 5.91 Å². The molecular weight excluding hydrogens is 452 g/mol. The summed E-state index contributed by atoms with van der Waals surface area (Å²) in [5.41, 5.74) is 0.707. The Hall–Kier alpha value is -2.61. The molecule has 1 amide bonds. The van der Waals surface area contributed by atoms with Crippen molar-refractivity contribution in [3.63, 3.8) is 0 Å². The standard InChI is InChI=1S/C22H25BrN2O5/c1-13(25-20(27)18-19(26)17(29-3)9-12-24-18)21(28)30-14(2)22(10-4-11-22)15-5-7-16(23)8-6-15/h5-9,12-14,26H,4,10-11H2,1-3H3,(H,25,27)/t13-,14?/m0/s1. The lowest BCUT2D eigenvalue weighted by atomic mass is 9.61. The molecule has 1 unspecified atom stereocenters. The van der Waals surface area contributed by atoms with E-state index in [9.17, 15) is 14.7 Å². The predicted molar refractivity (Wildman–Crippen MR) is 115 cm³/mol. The molecule has 1 heterocycles. The zero-order valence-corrected chi connectivity index (χ0v) is 18.7. The monoisotopic (exact) mass is 476 g/mol. The number of pyridine rings is 1. The van der Waals surface area contributed by atoms with Crippen molar-refractivity contribution in [2.45, 2.75) is 50.7 Å². The van der Waals surface area contributed by atoms with Gasteiger partial charge >= 0.3 is 5.97 Å². The summed E-state index contributed by atoms with van der Waals surface area (Å²) in [7, 11) is 1.37.